The van der Waals surface area contributed by atoms with Crippen LogP contribution < -0.4 is 14.8 Å². The summed E-state index contributed by atoms with van der Waals surface area (Å²) in [6.07, 6.45) is 0. The number of nitrogens with one attached hydrogen (secondary N) is 1. The maximum absolute atomic E-state index is 12.6. The Labute approximate surface area is 131 Å². The number of amides is 1. The number of ether oxygens (including phenoxy) is 2. The van der Waals surface area contributed by atoms with Gasteiger partial charge >= 0.3 is 0 Å². The third-order valence-corrected chi connectivity index (χ3v) is 3.56. The number of benzene rings is 2. The number of hydrogen-bond acceptors (Lipinski definition) is 3. The van der Waals surface area contributed by atoms with E-state index in [1.54, 1.807) is 25.3 Å². The van der Waals surface area contributed by atoms with Crippen LogP contribution in [0.25, 0.3) is 0 Å². The lowest BCUT2D eigenvalue weighted by Gasteiger charge is -2.15. The van der Waals surface area contributed by atoms with E-state index in [0.29, 0.717) is 17.1 Å². The molecule has 22 heavy (non-hydrogen) atoms. The quantitative estimate of drug-likeness (QED) is 0.932. The Morgan fingerprint density at radius 1 is 1.00 bits per heavy atom. The van der Waals surface area contributed by atoms with Gasteiger partial charge in [-0.2, -0.15) is 0 Å². The average molecular weight is 299 g/mol. The molecule has 0 spiro atoms. The second-order valence-electron chi connectivity index (χ2n) is 5.27. The highest BCUT2D eigenvalue weighted by molar-refractivity contribution is 6.07. The fourth-order valence-electron chi connectivity index (χ4n) is 2.62. The second-order valence-corrected chi connectivity index (χ2v) is 5.27. The minimum Gasteiger partial charge on any atom is -0.493 e. The van der Waals surface area contributed by atoms with Crippen LogP contribution in [0.5, 0.6) is 11.5 Å². The normalized spacial score (nSPS) is 10.2. The van der Waals surface area contributed by atoms with Crippen molar-refractivity contribution < 1.29 is 14.3 Å². The van der Waals surface area contributed by atoms with Crippen molar-refractivity contribution in [2.75, 3.05) is 19.5 Å². The molecule has 0 unspecified atom stereocenters. The van der Waals surface area contributed by atoms with Gasteiger partial charge in [-0.1, -0.05) is 23.8 Å². The first-order valence-corrected chi connectivity index (χ1v) is 7.08. The first kappa shape index (κ1) is 15.9. The summed E-state index contributed by atoms with van der Waals surface area (Å²) in [6.45, 7) is 6.01. The van der Waals surface area contributed by atoms with Crippen molar-refractivity contribution >= 4 is 11.6 Å². The SMILES string of the molecule is COc1cccc(C(=O)Nc2c(C)cc(C)cc2C)c1OC. The van der Waals surface area contributed by atoms with Gasteiger partial charge in [-0.3, -0.25) is 4.79 Å². The van der Waals surface area contributed by atoms with Crippen LogP contribution in [0.3, 0.4) is 0 Å². The molecule has 1 amide bonds. The molecule has 1 N–H and O–H groups in total. The van der Waals surface area contributed by atoms with Gasteiger partial charge in [0.1, 0.15) is 0 Å². The third kappa shape index (κ3) is 3.06. The molecule has 0 aliphatic carbocycles. The molecule has 0 fully saturated rings. The Kier molecular flexibility index (Phi) is 4.71. The third-order valence-electron chi connectivity index (χ3n) is 3.56. The molecule has 116 valence electrons. The first-order chi connectivity index (χ1) is 10.5. The summed E-state index contributed by atoms with van der Waals surface area (Å²) in [5.41, 5.74) is 4.52. The zero-order chi connectivity index (χ0) is 16.3. The average Bonchev–Trinajstić information content (AvgIpc) is 2.49. The van der Waals surface area contributed by atoms with E-state index in [4.69, 9.17) is 9.47 Å². The minimum absolute atomic E-state index is 0.217. The van der Waals surface area contributed by atoms with Gasteiger partial charge in [-0.25, -0.2) is 0 Å². The summed E-state index contributed by atoms with van der Waals surface area (Å²) in [5, 5.41) is 2.97. The van der Waals surface area contributed by atoms with E-state index in [1.807, 2.05) is 32.9 Å². The lowest BCUT2D eigenvalue weighted by atomic mass is 10.0. The molecule has 2 rings (SSSR count). The van der Waals surface area contributed by atoms with Crippen LogP contribution in [0.1, 0.15) is 27.0 Å². The number of anilines is 1. The summed E-state index contributed by atoms with van der Waals surface area (Å²) in [4.78, 5) is 12.6. The van der Waals surface area contributed by atoms with Crippen LogP contribution in [0.15, 0.2) is 30.3 Å². The lowest BCUT2D eigenvalue weighted by molar-refractivity contribution is 0.102. The summed E-state index contributed by atoms with van der Waals surface area (Å²) in [5.74, 6) is 0.753. The molecule has 4 nitrogen and oxygen atoms in total. The van der Waals surface area contributed by atoms with Gasteiger partial charge in [-0.15, -0.1) is 0 Å². The van der Waals surface area contributed by atoms with Crippen LogP contribution in [-0.4, -0.2) is 20.1 Å². The topological polar surface area (TPSA) is 47.6 Å². The van der Waals surface area contributed by atoms with Crippen molar-refractivity contribution in [2.45, 2.75) is 20.8 Å². The summed E-state index contributed by atoms with van der Waals surface area (Å²) < 4.78 is 10.6. The molecule has 2 aromatic carbocycles. The fraction of sp³-hybridized carbons (Fsp3) is 0.278. The molecule has 0 aromatic heterocycles. The molecule has 2 aromatic rings. The standard InChI is InChI=1S/C18H21NO3/c1-11-9-12(2)16(13(3)10-11)19-18(20)14-7-6-8-15(21-4)17(14)22-5/h6-10H,1-5H3,(H,19,20). The Morgan fingerprint density at radius 2 is 1.64 bits per heavy atom. The molecular weight excluding hydrogens is 278 g/mol. The fourth-order valence-corrected chi connectivity index (χ4v) is 2.62. The van der Waals surface area contributed by atoms with Gasteiger partial charge in [0.05, 0.1) is 19.8 Å². The largest absolute Gasteiger partial charge is 0.493 e. The smallest absolute Gasteiger partial charge is 0.259 e. The highest BCUT2D eigenvalue weighted by Crippen LogP contribution is 2.32. The Hall–Kier alpha value is -2.49. The second kappa shape index (κ2) is 6.52. The van der Waals surface area contributed by atoms with E-state index in [0.717, 1.165) is 16.8 Å². The molecule has 0 aliphatic heterocycles. The van der Waals surface area contributed by atoms with Crippen LogP contribution in [-0.2, 0) is 0 Å². The van der Waals surface area contributed by atoms with Crippen LogP contribution in [0.4, 0.5) is 5.69 Å². The van der Waals surface area contributed by atoms with E-state index in [1.165, 1.54) is 12.7 Å². The number of methoxy groups -OCH3 is 2. The number of carbonyl (C=O) groups excluding carboxylic acids is 1. The van der Waals surface area contributed by atoms with Gasteiger partial charge < -0.3 is 14.8 Å². The van der Waals surface area contributed by atoms with Gasteiger partial charge in [0.15, 0.2) is 11.5 Å². The molecular formula is C18H21NO3. The minimum atomic E-state index is -0.217. The maximum Gasteiger partial charge on any atom is 0.259 e. The molecule has 0 heterocycles. The molecule has 0 atom stereocenters. The highest BCUT2D eigenvalue weighted by atomic mass is 16.5. The number of para-hydroxylation sites is 1. The Morgan fingerprint density at radius 3 is 2.18 bits per heavy atom. The van der Waals surface area contributed by atoms with Crippen molar-refractivity contribution in [3.63, 3.8) is 0 Å². The van der Waals surface area contributed by atoms with Crippen molar-refractivity contribution in [2.24, 2.45) is 0 Å². The van der Waals surface area contributed by atoms with Gasteiger partial charge in [0.2, 0.25) is 0 Å². The van der Waals surface area contributed by atoms with Crippen LogP contribution in [0, 0.1) is 20.8 Å². The Bertz CT molecular complexity index is 684. The number of carbonyl (C=O) groups is 1. The molecule has 0 aliphatic rings. The summed E-state index contributed by atoms with van der Waals surface area (Å²) in [7, 11) is 3.07. The molecule has 0 saturated heterocycles. The monoisotopic (exact) mass is 299 g/mol. The van der Waals surface area contributed by atoms with Crippen LogP contribution in [0.2, 0.25) is 0 Å². The van der Waals surface area contributed by atoms with Gasteiger partial charge in [0.25, 0.3) is 5.91 Å². The maximum atomic E-state index is 12.6. The van der Waals surface area contributed by atoms with Crippen molar-refractivity contribution in [1.82, 2.24) is 0 Å². The van der Waals surface area contributed by atoms with E-state index >= 15 is 0 Å². The number of rotatable bonds is 4. The molecule has 0 bridgehead atoms. The van der Waals surface area contributed by atoms with Crippen molar-refractivity contribution in [3.05, 3.63) is 52.6 Å². The zero-order valence-electron chi connectivity index (χ0n) is 13.6. The molecule has 0 saturated carbocycles. The van der Waals surface area contributed by atoms with Crippen molar-refractivity contribution in [3.8, 4) is 11.5 Å². The Balaban J connectivity index is 2.39. The highest BCUT2D eigenvalue weighted by Gasteiger charge is 2.17. The summed E-state index contributed by atoms with van der Waals surface area (Å²) >= 11 is 0. The van der Waals surface area contributed by atoms with Crippen LogP contribution >= 0.6 is 0 Å². The van der Waals surface area contributed by atoms with Crippen molar-refractivity contribution in [1.29, 1.82) is 0 Å². The summed E-state index contributed by atoms with van der Waals surface area (Å²) in [6, 6.07) is 9.34. The zero-order valence-corrected chi connectivity index (χ0v) is 13.6. The number of hydrogen-bond donors (Lipinski definition) is 1. The van der Waals surface area contributed by atoms with E-state index in [-0.39, 0.29) is 5.91 Å². The lowest BCUT2D eigenvalue weighted by Crippen LogP contribution is -2.15. The van der Waals surface area contributed by atoms with E-state index in [9.17, 15) is 4.79 Å². The first-order valence-electron chi connectivity index (χ1n) is 7.08. The predicted octanol–water partition coefficient (Wildman–Crippen LogP) is 3.88. The van der Waals surface area contributed by atoms with E-state index < -0.39 is 0 Å². The molecule has 0 radical (unpaired) electrons. The van der Waals surface area contributed by atoms with E-state index in [2.05, 4.69) is 5.32 Å². The molecule has 4 heteroatoms. The van der Waals surface area contributed by atoms with Gasteiger partial charge in [0, 0.05) is 5.69 Å². The number of aryl methyl sites for hydroxylation is 3. The predicted molar refractivity (Wildman–Crippen MR) is 88.2 cm³/mol. The van der Waals surface area contributed by atoms with Gasteiger partial charge in [-0.05, 0) is 44.0 Å².